The van der Waals surface area contributed by atoms with E-state index < -0.39 is 0 Å². The Bertz CT molecular complexity index is 420. The third-order valence-corrected chi connectivity index (χ3v) is 3.28. The Hall–Kier alpha value is -0.860. The van der Waals surface area contributed by atoms with E-state index in [9.17, 15) is 0 Å². The lowest BCUT2D eigenvalue weighted by atomic mass is 10.1. The van der Waals surface area contributed by atoms with E-state index in [1.165, 1.54) is 11.1 Å². The number of benzene rings is 1. The minimum Gasteiger partial charge on any atom is -0.302 e. The van der Waals surface area contributed by atoms with Crippen molar-refractivity contribution in [2.24, 2.45) is 0 Å². The van der Waals surface area contributed by atoms with Crippen molar-refractivity contribution in [1.82, 2.24) is 4.90 Å². The second-order valence-corrected chi connectivity index (χ2v) is 5.10. The quantitative estimate of drug-likeness (QED) is 0.797. The smallest absolute Gasteiger partial charge is 0.0181 e. The molecule has 16 heavy (non-hydrogen) atoms. The second-order valence-electron chi connectivity index (χ2n) is 4.18. The standard InChI is InChI=1S/C14H16BrN/c1-16-9-7-12(8-10-16)5-6-13-3-2-4-14(15)11-13/h2-7,11H,8-10H2,1H3/b6-5+. The molecule has 1 aromatic carbocycles. The normalized spacial score (nSPS) is 17.8. The molecule has 0 spiro atoms. The molecule has 0 saturated heterocycles. The van der Waals surface area contributed by atoms with Crippen molar-refractivity contribution in [2.75, 3.05) is 20.1 Å². The van der Waals surface area contributed by atoms with Gasteiger partial charge in [-0.05, 0) is 36.7 Å². The van der Waals surface area contributed by atoms with Crippen molar-refractivity contribution < 1.29 is 0 Å². The summed E-state index contributed by atoms with van der Waals surface area (Å²) >= 11 is 3.48. The van der Waals surface area contributed by atoms with Gasteiger partial charge in [0.15, 0.2) is 0 Å². The van der Waals surface area contributed by atoms with Gasteiger partial charge in [0.05, 0.1) is 0 Å². The molecule has 0 aliphatic carbocycles. The van der Waals surface area contributed by atoms with Gasteiger partial charge in [-0.25, -0.2) is 0 Å². The van der Waals surface area contributed by atoms with E-state index in [0.717, 1.165) is 24.0 Å². The molecule has 0 saturated carbocycles. The summed E-state index contributed by atoms with van der Waals surface area (Å²) in [6.45, 7) is 2.23. The molecule has 2 rings (SSSR count). The first-order chi connectivity index (χ1) is 7.74. The van der Waals surface area contributed by atoms with Crippen molar-refractivity contribution in [1.29, 1.82) is 0 Å². The minimum atomic E-state index is 1.07. The summed E-state index contributed by atoms with van der Waals surface area (Å²) in [7, 11) is 2.16. The molecule has 1 aliphatic heterocycles. The van der Waals surface area contributed by atoms with Crippen molar-refractivity contribution >= 4 is 22.0 Å². The predicted octanol–water partition coefficient (Wildman–Crippen LogP) is 3.72. The van der Waals surface area contributed by atoms with E-state index in [0.29, 0.717) is 0 Å². The molecule has 2 heteroatoms. The maximum Gasteiger partial charge on any atom is 0.0181 e. The highest BCUT2D eigenvalue weighted by atomic mass is 79.9. The Kier molecular flexibility index (Phi) is 3.97. The first-order valence-corrected chi connectivity index (χ1v) is 6.34. The molecule has 1 aromatic rings. The van der Waals surface area contributed by atoms with Gasteiger partial charge in [-0.1, -0.05) is 46.3 Å². The van der Waals surface area contributed by atoms with Gasteiger partial charge in [-0.3, -0.25) is 0 Å². The van der Waals surface area contributed by atoms with Gasteiger partial charge >= 0.3 is 0 Å². The highest BCUT2D eigenvalue weighted by Crippen LogP contribution is 2.15. The molecule has 0 radical (unpaired) electrons. The summed E-state index contributed by atoms with van der Waals surface area (Å²) in [5.41, 5.74) is 2.69. The van der Waals surface area contributed by atoms with Gasteiger partial charge in [-0.15, -0.1) is 0 Å². The third kappa shape index (κ3) is 3.32. The molecule has 1 nitrogen and oxygen atoms in total. The number of hydrogen-bond acceptors (Lipinski definition) is 1. The molecule has 0 bridgehead atoms. The predicted molar refractivity (Wildman–Crippen MR) is 73.4 cm³/mol. The van der Waals surface area contributed by atoms with Gasteiger partial charge in [0.25, 0.3) is 0 Å². The number of rotatable bonds is 2. The van der Waals surface area contributed by atoms with E-state index in [1.807, 2.05) is 6.07 Å². The first-order valence-electron chi connectivity index (χ1n) is 5.55. The van der Waals surface area contributed by atoms with Gasteiger partial charge in [0, 0.05) is 17.6 Å². The Labute approximate surface area is 106 Å². The molecule has 0 unspecified atom stereocenters. The largest absolute Gasteiger partial charge is 0.302 e. The fourth-order valence-corrected chi connectivity index (χ4v) is 2.17. The lowest BCUT2D eigenvalue weighted by Gasteiger charge is -2.20. The fraction of sp³-hybridized carbons (Fsp3) is 0.286. The SMILES string of the molecule is CN1CC=C(/C=C/c2cccc(Br)c2)CC1. The molecule has 0 amide bonds. The van der Waals surface area contributed by atoms with Gasteiger partial charge < -0.3 is 4.90 Å². The van der Waals surface area contributed by atoms with Crippen LogP contribution in [0.15, 0.2) is 46.5 Å². The Morgan fingerprint density at radius 2 is 2.19 bits per heavy atom. The average molecular weight is 278 g/mol. The van der Waals surface area contributed by atoms with Crippen LogP contribution in [0.2, 0.25) is 0 Å². The summed E-state index contributed by atoms with van der Waals surface area (Å²) in [5.74, 6) is 0. The van der Waals surface area contributed by atoms with Crippen LogP contribution in [0.5, 0.6) is 0 Å². The molecular weight excluding hydrogens is 262 g/mol. The highest BCUT2D eigenvalue weighted by Gasteiger charge is 2.04. The van der Waals surface area contributed by atoms with Crippen LogP contribution >= 0.6 is 15.9 Å². The number of likely N-dealkylation sites (N-methyl/N-ethyl adjacent to an activating group) is 1. The van der Waals surface area contributed by atoms with Crippen LogP contribution in [0.4, 0.5) is 0 Å². The number of hydrogen-bond donors (Lipinski definition) is 0. The maximum absolute atomic E-state index is 3.48. The third-order valence-electron chi connectivity index (χ3n) is 2.79. The fourth-order valence-electron chi connectivity index (χ4n) is 1.75. The van der Waals surface area contributed by atoms with Crippen molar-refractivity contribution in [3.05, 3.63) is 52.0 Å². The zero-order valence-corrected chi connectivity index (χ0v) is 11.1. The van der Waals surface area contributed by atoms with E-state index in [-0.39, 0.29) is 0 Å². The highest BCUT2D eigenvalue weighted by molar-refractivity contribution is 9.10. The van der Waals surface area contributed by atoms with Crippen LogP contribution in [-0.4, -0.2) is 25.0 Å². The summed E-state index contributed by atoms with van der Waals surface area (Å²) in [5, 5.41) is 0. The summed E-state index contributed by atoms with van der Waals surface area (Å²) in [6.07, 6.45) is 7.87. The van der Waals surface area contributed by atoms with Crippen LogP contribution < -0.4 is 0 Å². The van der Waals surface area contributed by atoms with Crippen LogP contribution in [0, 0.1) is 0 Å². The van der Waals surface area contributed by atoms with Gasteiger partial charge in [-0.2, -0.15) is 0 Å². The molecule has 0 fully saturated rings. The van der Waals surface area contributed by atoms with Crippen LogP contribution in [-0.2, 0) is 0 Å². The molecule has 0 aromatic heterocycles. The first kappa shape index (κ1) is 11.6. The van der Waals surface area contributed by atoms with Crippen LogP contribution in [0.25, 0.3) is 6.08 Å². The molecule has 1 heterocycles. The number of allylic oxidation sites excluding steroid dienone is 1. The summed E-state index contributed by atoms with van der Waals surface area (Å²) in [6, 6.07) is 8.36. The Balaban J connectivity index is 2.04. The topological polar surface area (TPSA) is 3.24 Å². The lowest BCUT2D eigenvalue weighted by Crippen LogP contribution is -2.23. The van der Waals surface area contributed by atoms with E-state index in [4.69, 9.17) is 0 Å². The average Bonchev–Trinajstić information content (AvgIpc) is 2.28. The Morgan fingerprint density at radius 1 is 1.31 bits per heavy atom. The molecule has 0 N–H and O–H groups in total. The Morgan fingerprint density at radius 3 is 2.88 bits per heavy atom. The molecular formula is C14H16BrN. The van der Waals surface area contributed by atoms with Crippen molar-refractivity contribution in [2.45, 2.75) is 6.42 Å². The van der Waals surface area contributed by atoms with E-state index in [2.05, 4.69) is 64.3 Å². The summed E-state index contributed by atoms with van der Waals surface area (Å²) in [4.78, 5) is 2.33. The van der Waals surface area contributed by atoms with Crippen LogP contribution in [0.3, 0.4) is 0 Å². The van der Waals surface area contributed by atoms with E-state index >= 15 is 0 Å². The minimum absolute atomic E-state index is 1.07. The number of halogens is 1. The molecule has 0 atom stereocenters. The molecule has 84 valence electrons. The van der Waals surface area contributed by atoms with Crippen molar-refractivity contribution in [3.63, 3.8) is 0 Å². The molecule has 1 aliphatic rings. The lowest BCUT2D eigenvalue weighted by molar-refractivity contribution is 0.361. The number of nitrogens with zero attached hydrogens (tertiary/aromatic N) is 1. The second kappa shape index (κ2) is 5.46. The summed E-state index contributed by atoms with van der Waals surface area (Å²) < 4.78 is 1.13. The van der Waals surface area contributed by atoms with E-state index in [1.54, 1.807) is 0 Å². The van der Waals surface area contributed by atoms with Gasteiger partial charge in [0.1, 0.15) is 0 Å². The zero-order chi connectivity index (χ0) is 11.4. The monoisotopic (exact) mass is 277 g/mol. The zero-order valence-electron chi connectivity index (χ0n) is 9.49. The van der Waals surface area contributed by atoms with Crippen molar-refractivity contribution in [3.8, 4) is 0 Å². The van der Waals surface area contributed by atoms with Gasteiger partial charge in [0.2, 0.25) is 0 Å². The maximum atomic E-state index is 3.48. The van der Waals surface area contributed by atoms with Crippen LogP contribution in [0.1, 0.15) is 12.0 Å².